The molecule has 1 aromatic carbocycles. The molecule has 0 N–H and O–H groups in total. The average Bonchev–Trinajstić information content (AvgIpc) is 3.48. The van der Waals surface area contributed by atoms with Crippen LogP contribution in [0.25, 0.3) is 17.2 Å². The van der Waals surface area contributed by atoms with Crippen LogP contribution in [-0.2, 0) is 14.9 Å². The van der Waals surface area contributed by atoms with E-state index in [1.165, 1.54) is 35.5 Å². The molecule has 0 radical (unpaired) electrons. The van der Waals surface area contributed by atoms with E-state index >= 15 is 0 Å². The van der Waals surface area contributed by atoms with E-state index in [-0.39, 0.29) is 33.7 Å². The van der Waals surface area contributed by atoms with Gasteiger partial charge in [0.25, 0.3) is 5.95 Å². The van der Waals surface area contributed by atoms with E-state index in [1.54, 1.807) is 12.3 Å². The second-order valence-corrected chi connectivity index (χ2v) is 12.4. The van der Waals surface area contributed by atoms with E-state index in [0.717, 1.165) is 29.8 Å². The lowest BCUT2D eigenvalue weighted by Crippen LogP contribution is -2.38. The molecule has 3 atom stereocenters. The van der Waals surface area contributed by atoms with Crippen LogP contribution in [0.3, 0.4) is 0 Å². The van der Waals surface area contributed by atoms with E-state index in [9.17, 15) is 13.0 Å². The molecule has 2 aliphatic rings. The van der Waals surface area contributed by atoms with Gasteiger partial charge in [-0.25, -0.2) is 23.7 Å². The van der Waals surface area contributed by atoms with Crippen molar-refractivity contribution in [1.29, 1.82) is 0 Å². The number of fused-ring (bicyclic) bond motifs is 5. The van der Waals surface area contributed by atoms with E-state index in [1.807, 2.05) is 6.07 Å². The van der Waals surface area contributed by atoms with Crippen LogP contribution in [0, 0.1) is 17.0 Å². The van der Waals surface area contributed by atoms with Crippen molar-refractivity contribution in [3.8, 4) is 17.2 Å². The van der Waals surface area contributed by atoms with Gasteiger partial charge in [0.1, 0.15) is 18.0 Å². The van der Waals surface area contributed by atoms with Crippen molar-refractivity contribution in [1.82, 2.24) is 34.9 Å². The van der Waals surface area contributed by atoms with Gasteiger partial charge in [0.15, 0.2) is 0 Å². The maximum Gasteiger partial charge on any atom is 0.252 e. The van der Waals surface area contributed by atoms with Crippen molar-refractivity contribution in [2.75, 3.05) is 6.26 Å². The molecule has 36 heavy (non-hydrogen) atoms. The van der Waals surface area contributed by atoms with Crippen molar-refractivity contribution >= 4 is 15.4 Å². The average molecular weight is 508 g/mol. The summed E-state index contributed by atoms with van der Waals surface area (Å²) >= 11 is 0. The van der Waals surface area contributed by atoms with E-state index in [2.05, 4.69) is 45.0 Å². The van der Waals surface area contributed by atoms with Crippen LogP contribution in [0.15, 0.2) is 48.0 Å². The summed E-state index contributed by atoms with van der Waals surface area (Å²) in [6.07, 6.45) is 6.21. The van der Waals surface area contributed by atoms with Crippen LogP contribution in [0.4, 0.5) is 8.78 Å². The Bertz CT molecular complexity index is 1630. The zero-order valence-corrected chi connectivity index (χ0v) is 20.8. The maximum absolute atomic E-state index is 14.5. The van der Waals surface area contributed by atoms with Crippen LogP contribution >= 0.6 is 0 Å². The number of halogens is 2. The smallest absolute Gasteiger partial charge is 0.252 e. The first-order valence-electron chi connectivity index (χ1n) is 11.4. The Labute approximate surface area is 206 Å². The van der Waals surface area contributed by atoms with Gasteiger partial charge >= 0.3 is 0 Å². The first-order valence-corrected chi connectivity index (χ1v) is 13.6. The fraction of sp³-hybridized carbons (Fsp3) is 0.320. The van der Waals surface area contributed by atoms with Crippen molar-refractivity contribution in [3.63, 3.8) is 0 Å². The number of benzene rings is 1. The molecule has 3 heterocycles. The standard InChI is InChI=1S/C25H23F2N7OS/c1-24(2)15-8-10-25(24,19-9-11-28-22(30-19)34-13-29-23(33-34)36(3,4)35)21-14(15)12-18(31-32-21)20-16(26)6-5-7-17(20)27/h5-7,9,11-13,15H,3,8,10H2,1-2,4H3/t15-,25-,36?/m0/s1. The summed E-state index contributed by atoms with van der Waals surface area (Å²) in [4.78, 5) is 13.3. The highest BCUT2D eigenvalue weighted by Gasteiger charge is 2.65. The Morgan fingerprint density at radius 1 is 1.14 bits per heavy atom. The van der Waals surface area contributed by atoms with Gasteiger partial charge in [-0.2, -0.15) is 9.78 Å². The topological polar surface area (TPSA) is 99.3 Å². The van der Waals surface area contributed by atoms with Gasteiger partial charge in [-0.05, 0) is 59.9 Å². The molecule has 0 amide bonds. The molecule has 2 bridgehead atoms. The van der Waals surface area contributed by atoms with Gasteiger partial charge in [-0.1, -0.05) is 19.9 Å². The normalized spacial score (nSPS) is 23.4. The van der Waals surface area contributed by atoms with Gasteiger partial charge in [0.2, 0.25) is 5.16 Å². The molecule has 1 saturated carbocycles. The third-order valence-corrected chi connectivity index (χ3v) is 8.70. The summed E-state index contributed by atoms with van der Waals surface area (Å²) < 4.78 is 42.6. The zero-order chi connectivity index (χ0) is 25.5. The third kappa shape index (κ3) is 3.01. The summed E-state index contributed by atoms with van der Waals surface area (Å²) in [7, 11) is -2.59. The zero-order valence-electron chi connectivity index (χ0n) is 19.9. The lowest BCUT2D eigenvalue weighted by molar-refractivity contribution is 0.242. The number of aromatic nitrogens is 7. The lowest BCUT2D eigenvalue weighted by atomic mass is 9.66. The maximum atomic E-state index is 14.5. The summed E-state index contributed by atoms with van der Waals surface area (Å²) in [5.41, 5.74) is 1.59. The molecule has 11 heteroatoms. The quantitative estimate of drug-likeness (QED) is 0.388. The summed E-state index contributed by atoms with van der Waals surface area (Å²) in [5.74, 6) is 2.68. The van der Waals surface area contributed by atoms with Crippen LogP contribution in [0.1, 0.15) is 49.6 Å². The minimum Gasteiger partial charge on any atom is -0.260 e. The largest absolute Gasteiger partial charge is 0.260 e. The molecule has 4 aromatic rings. The van der Waals surface area contributed by atoms with Crippen LogP contribution in [0.5, 0.6) is 0 Å². The molecule has 0 aliphatic heterocycles. The Hall–Kier alpha value is -3.60. The van der Waals surface area contributed by atoms with E-state index in [0.29, 0.717) is 0 Å². The van der Waals surface area contributed by atoms with E-state index < -0.39 is 26.6 Å². The Balaban J connectivity index is 1.49. The van der Waals surface area contributed by atoms with Crippen molar-refractivity contribution in [3.05, 3.63) is 71.4 Å². The van der Waals surface area contributed by atoms with Gasteiger partial charge in [-0.3, -0.25) is 4.21 Å². The second kappa shape index (κ2) is 7.45. The number of rotatable bonds is 4. The molecular formula is C25H23F2N7OS. The first kappa shape index (κ1) is 22.8. The number of hydrogen-bond acceptors (Lipinski definition) is 7. The predicted molar refractivity (Wildman–Crippen MR) is 130 cm³/mol. The molecule has 3 aromatic heterocycles. The van der Waals surface area contributed by atoms with Crippen LogP contribution < -0.4 is 0 Å². The Morgan fingerprint density at radius 3 is 2.58 bits per heavy atom. The lowest BCUT2D eigenvalue weighted by Gasteiger charge is -2.37. The molecule has 1 unspecified atom stereocenters. The van der Waals surface area contributed by atoms with Crippen LogP contribution in [-0.4, -0.2) is 51.3 Å². The van der Waals surface area contributed by atoms with Gasteiger partial charge < -0.3 is 0 Å². The minimum absolute atomic E-state index is 0.115. The SMILES string of the molecule is C=S(C)(=O)c1ncn(-c2nccc([C@@]34CC[C@@H](c5cc(-c6c(F)cccc6F)nnc53)C4(C)C)n2)n1. The van der Waals surface area contributed by atoms with Gasteiger partial charge in [0.05, 0.1) is 28.1 Å². The highest BCUT2D eigenvalue weighted by atomic mass is 32.2. The first-order chi connectivity index (χ1) is 17.0. The van der Waals surface area contributed by atoms with Gasteiger partial charge in [0, 0.05) is 22.0 Å². The van der Waals surface area contributed by atoms with Crippen molar-refractivity contribution in [2.45, 2.75) is 43.2 Å². The molecule has 184 valence electrons. The third-order valence-electron chi connectivity index (χ3n) is 7.74. The molecule has 0 spiro atoms. The fourth-order valence-corrected chi connectivity index (χ4v) is 6.53. The van der Waals surface area contributed by atoms with Crippen molar-refractivity contribution in [2.24, 2.45) is 5.41 Å². The van der Waals surface area contributed by atoms with E-state index in [4.69, 9.17) is 4.98 Å². The number of nitrogens with zero attached hydrogens (tertiary/aromatic N) is 7. The molecule has 2 aliphatic carbocycles. The Kier molecular flexibility index (Phi) is 4.73. The van der Waals surface area contributed by atoms with Gasteiger partial charge in [-0.15, -0.1) is 10.2 Å². The molecule has 8 nitrogen and oxygen atoms in total. The Morgan fingerprint density at radius 2 is 1.89 bits per heavy atom. The number of hydrogen-bond donors (Lipinski definition) is 0. The highest BCUT2D eigenvalue weighted by Crippen LogP contribution is 2.69. The second-order valence-electron chi connectivity index (χ2n) is 10.1. The monoisotopic (exact) mass is 507 g/mol. The molecular weight excluding hydrogens is 484 g/mol. The summed E-state index contributed by atoms with van der Waals surface area (Å²) in [5, 5.41) is 13.2. The highest BCUT2D eigenvalue weighted by molar-refractivity contribution is 7.99. The molecule has 1 fully saturated rings. The van der Waals surface area contributed by atoms with Crippen molar-refractivity contribution < 1.29 is 13.0 Å². The van der Waals surface area contributed by atoms with Crippen LogP contribution in [0.2, 0.25) is 0 Å². The summed E-state index contributed by atoms with van der Waals surface area (Å²) in [6, 6.07) is 7.39. The minimum atomic E-state index is -2.59. The molecule has 0 saturated heterocycles. The predicted octanol–water partition coefficient (Wildman–Crippen LogP) is 3.70. The summed E-state index contributed by atoms with van der Waals surface area (Å²) in [6.45, 7) is 4.33. The fourth-order valence-electron chi connectivity index (χ4n) is 6.00. The molecule has 6 rings (SSSR count).